The summed E-state index contributed by atoms with van der Waals surface area (Å²) in [5.74, 6) is 2.21. The fourth-order valence-corrected chi connectivity index (χ4v) is 2.00. The molecule has 0 atom stereocenters. The van der Waals surface area contributed by atoms with Crippen molar-refractivity contribution >= 4 is 0 Å². The van der Waals surface area contributed by atoms with Crippen LogP contribution in [0, 0.1) is 0 Å². The van der Waals surface area contributed by atoms with Gasteiger partial charge in [0.1, 0.15) is 17.2 Å². The van der Waals surface area contributed by atoms with E-state index in [2.05, 4.69) is 0 Å². The molecule has 0 spiro atoms. The first-order chi connectivity index (χ1) is 10.3. The maximum atomic E-state index is 9.32. The van der Waals surface area contributed by atoms with Crippen molar-refractivity contribution in [2.75, 3.05) is 20.8 Å². The van der Waals surface area contributed by atoms with Gasteiger partial charge in [0.15, 0.2) is 0 Å². The normalized spacial score (nSPS) is 10.2. The molecule has 0 saturated carbocycles. The van der Waals surface area contributed by atoms with E-state index in [-0.39, 0.29) is 6.61 Å². The number of aliphatic hydroxyl groups excluding tert-OH is 1. The Kier molecular flexibility index (Phi) is 5.46. The SMILES string of the molecule is COc1ccc(CCOc2cc(OC)ccc2CO)cc1. The molecule has 0 amide bonds. The number of rotatable bonds is 7. The number of hydrogen-bond donors (Lipinski definition) is 1. The first kappa shape index (κ1) is 15.2. The molecule has 2 rings (SSSR count). The second-order valence-corrected chi connectivity index (χ2v) is 4.58. The van der Waals surface area contributed by atoms with Crippen LogP contribution in [-0.2, 0) is 13.0 Å². The Morgan fingerprint density at radius 2 is 1.57 bits per heavy atom. The van der Waals surface area contributed by atoms with Crippen LogP contribution in [0.3, 0.4) is 0 Å². The highest BCUT2D eigenvalue weighted by atomic mass is 16.5. The quantitative estimate of drug-likeness (QED) is 0.851. The number of benzene rings is 2. The van der Waals surface area contributed by atoms with Crippen LogP contribution in [-0.4, -0.2) is 25.9 Å². The predicted molar refractivity (Wildman–Crippen MR) is 81.1 cm³/mol. The molecule has 0 aliphatic carbocycles. The Balaban J connectivity index is 1.95. The second-order valence-electron chi connectivity index (χ2n) is 4.58. The van der Waals surface area contributed by atoms with Crippen LogP contribution in [0.5, 0.6) is 17.2 Å². The van der Waals surface area contributed by atoms with Crippen LogP contribution in [0.15, 0.2) is 42.5 Å². The van der Waals surface area contributed by atoms with Gasteiger partial charge in [-0.3, -0.25) is 0 Å². The lowest BCUT2D eigenvalue weighted by Crippen LogP contribution is -2.04. The number of hydrogen-bond acceptors (Lipinski definition) is 4. The fraction of sp³-hybridized carbons (Fsp3) is 0.294. The van der Waals surface area contributed by atoms with E-state index in [4.69, 9.17) is 14.2 Å². The van der Waals surface area contributed by atoms with Gasteiger partial charge in [-0.2, -0.15) is 0 Å². The van der Waals surface area contributed by atoms with Crippen molar-refractivity contribution in [2.24, 2.45) is 0 Å². The third-order valence-corrected chi connectivity index (χ3v) is 3.25. The molecule has 0 aliphatic rings. The number of ether oxygens (including phenoxy) is 3. The van der Waals surface area contributed by atoms with Gasteiger partial charge < -0.3 is 19.3 Å². The highest BCUT2D eigenvalue weighted by molar-refractivity contribution is 5.40. The van der Waals surface area contributed by atoms with E-state index in [0.717, 1.165) is 17.7 Å². The van der Waals surface area contributed by atoms with Gasteiger partial charge in [-0.25, -0.2) is 0 Å². The first-order valence-corrected chi connectivity index (χ1v) is 6.80. The van der Waals surface area contributed by atoms with Gasteiger partial charge in [-0.1, -0.05) is 12.1 Å². The van der Waals surface area contributed by atoms with Crippen molar-refractivity contribution < 1.29 is 19.3 Å². The van der Waals surface area contributed by atoms with Crippen molar-refractivity contribution in [2.45, 2.75) is 13.0 Å². The molecule has 0 aliphatic heterocycles. The largest absolute Gasteiger partial charge is 0.497 e. The summed E-state index contributed by atoms with van der Waals surface area (Å²) in [5, 5.41) is 9.32. The molecule has 0 fully saturated rings. The Morgan fingerprint density at radius 3 is 2.19 bits per heavy atom. The Morgan fingerprint density at radius 1 is 0.905 bits per heavy atom. The number of methoxy groups -OCH3 is 2. The Hall–Kier alpha value is -2.20. The fourth-order valence-electron chi connectivity index (χ4n) is 2.00. The monoisotopic (exact) mass is 288 g/mol. The van der Waals surface area contributed by atoms with E-state index in [1.54, 1.807) is 20.3 Å². The Bertz CT molecular complexity index is 564. The first-order valence-electron chi connectivity index (χ1n) is 6.80. The maximum Gasteiger partial charge on any atom is 0.128 e. The van der Waals surface area contributed by atoms with Crippen molar-refractivity contribution in [1.82, 2.24) is 0 Å². The van der Waals surface area contributed by atoms with Crippen LogP contribution in [0.2, 0.25) is 0 Å². The minimum Gasteiger partial charge on any atom is -0.497 e. The zero-order valence-electron chi connectivity index (χ0n) is 12.3. The molecular weight excluding hydrogens is 268 g/mol. The third-order valence-electron chi connectivity index (χ3n) is 3.25. The van der Waals surface area contributed by atoms with E-state index in [9.17, 15) is 5.11 Å². The van der Waals surface area contributed by atoms with Gasteiger partial charge in [0.25, 0.3) is 0 Å². The van der Waals surface area contributed by atoms with Crippen LogP contribution in [0.25, 0.3) is 0 Å². The molecular formula is C17H20O4. The summed E-state index contributed by atoms with van der Waals surface area (Å²) >= 11 is 0. The molecule has 2 aromatic carbocycles. The van der Waals surface area contributed by atoms with Crippen LogP contribution in [0.1, 0.15) is 11.1 Å². The highest BCUT2D eigenvalue weighted by Gasteiger charge is 2.05. The van der Waals surface area contributed by atoms with E-state index < -0.39 is 0 Å². The van der Waals surface area contributed by atoms with Crippen molar-refractivity contribution in [3.63, 3.8) is 0 Å². The van der Waals surface area contributed by atoms with Crippen LogP contribution < -0.4 is 14.2 Å². The molecule has 0 saturated heterocycles. The van der Waals surface area contributed by atoms with E-state index >= 15 is 0 Å². The van der Waals surface area contributed by atoms with Gasteiger partial charge >= 0.3 is 0 Å². The van der Waals surface area contributed by atoms with Crippen molar-refractivity contribution in [3.8, 4) is 17.2 Å². The van der Waals surface area contributed by atoms with Gasteiger partial charge in [0, 0.05) is 18.1 Å². The average Bonchev–Trinajstić information content (AvgIpc) is 2.55. The van der Waals surface area contributed by atoms with E-state index in [1.807, 2.05) is 36.4 Å². The van der Waals surface area contributed by atoms with Crippen molar-refractivity contribution in [1.29, 1.82) is 0 Å². The topological polar surface area (TPSA) is 47.9 Å². The summed E-state index contributed by atoms with van der Waals surface area (Å²) in [5.41, 5.74) is 1.93. The summed E-state index contributed by atoms with van der Waals surface area (Å²) in [6.45, 7) is 0.481. The maximum absolute atomic E-state index is 9.32. The second kappa shape index (κ2) is 7.55. The third kappa shape index (κ3) is 4.13. The summed E-state index contributed by atoms with van der Waals surface area (Å²) in [4.78, 5) is 0. The smallest absolute Gasteiger partial charge is 0.128 e. The average molecular weight is 288 g/mol. The molecule has 0 unspecified atom stereocenters. The summed E-state index contributed by atoms with van der Waals surface area (Å²) in [6.07, 6.45) is 0.784. The molecule has 2 aromatic rings. The summed E-state index contributed by atoms with van der Waals surface area (Å²) in [6, 6.07) is 13.3. The Labute approximate surface area is 124 Å². The van der Waals surface area contributed by atoms with Gasteiger partial charge in [0.2, 0.25) is 0 Å². The van der Waals surface area contributed by atoms with E-state index in [1.165, 1.54) is 5.56 Å². The minimum atomic E-state index is -0.0537. The molecule has 112 valence electrons. The van der Waals surface area contributed by atoms with E-state index in [0.29, 0.717) is 18.1 Å². The number of aliphatic hydroxyl groups is 1. The lowest BCUT2D eigenvalue weighted by atomic mass is 10.1. The molecule has 0 aromatic heterocycles. The summed E-state index contributed by atoms with van der Waals surface area (Å²) in [7, 11) is 3.26. The lowest BCUT2D eigenvalue weighted by molar-refractivity contribution is 0.263. The minimum absolute atomic E-state index is 0.0537. The zero-order chi connectivity index (χ0) is 15.1. The van der Waals surface area contributed by atoms with Crippen LogP contribution in [0.4, 0.5) is 0 Å². The summed E-state index contributed by atoms with van der Waals surface area (Å²) < 4.78 is 16.1. The molecule has 4 heteroatoms. The highest BCUT2D eigenvalue weighted by Crippen LogP contribution is 2.25. The molecule has 0 radical (unpaired) electrons. The van der Waals surface area contributed by atoms with Gasteiger partial charge in [-0.05, 0) is 29.8 Å². The standard InChI is InChI=1S/C17H20O4/c1-19-15-6-3-13(4-7-15)9-10-21-17-11-16(20-2)8-5-14(17)12-18/h3-8,11,18H,9-10,12H2,1-2H3. The molecule has 0 heterocycles. The lowest BCUT2D eigenvalue weighted by Gasteiger charge is -2.12. The molecule has 4 nitrogen and oxygen atoms in total. The van der Waals surface area contributed by atoms with Gasteiger partial charge in [0.05, 0.1) is 27.4 Å². The van der Waals surface area contributed by atoms with Gasteiger partial charge in [-0.15, -0.1) is 0 Å². The van der Waals surface area contributed by atoms with Crippen molar-refractivity contribution in [3.05, 3.63) is 53.6 Å². The zero-order valence-corrected chi connectivity index (χ0v) is 12.3. The molecule has 1 N–H and O–H groups in total. The molecule has 21 heavy (non-hydrogen) atoms. The predicted octanol–water partition coefficient (Wildman–Crippen LogP) is 2.82. The van der Waals surface area contributed by atoms with Crippen LogP contribution >= 0.6 is 0 Å². The molecule has 0 bridgehead atoms.